The van der Waals surface area contributed by atoms with Crippen LogP contribution in [0.1, 0.15) is 19.5 Å². The molecule has 0 saturated carbocycles. The molecule has 20 heavy (non-hydrogen) atoms. The van der Waals surface area contributed by atoms with Gasteiger partial charge in [0.2, 0.25) is 0 Å². The van der Waals surface area contributed by atoms with Crippen molar-refractivity contribution in [2.45, 2.75) is 20.4 Å². The lowest BCUT2D eigenvalue weighted by atomic mass is 10.2. The number of halogens is 3. The first kappa shape index (κ1) is 15.1. The number of nitrogens with zero attached hydrogens (tertiary/aromatic N) is 2. The fraction of sp³-hybridized carbons (Fsp3) is 0.357. The first-order valence-corrected chi connectivity index (χ1v) is 7.17. The molecule has 1 heterocycles. The van der Waals surface area contributed by atoms with Gasteiger partial charge in [-0.1, -0.05) is 13.8 Å². The minimum absolute atomic E-state index is 0.212. The van der Waals surface area contributed by atoms with Crippen molar-refractivity contribution in [2.75, 3.05) is 6.54 Å². The molecule has 0 aliphatic heterocycles. The lowest BCUT2D eigenvalue weighted by molar-refractivity contribution is 0.544. The van der Waals surface area contributed by atoms with Gasteiger partial charge in [0.25, 0.3) is 0 Å². The molecule has 0 spiro atoms. The number of benzene rings is 1. The zero-order valence-corrected chi connectivity index (χ0v) is 12.9. The fourth-order valence-corrected chi connectivity index (χ4v) is 2.10. The zero-order chi connectivity index (χ0) is 14.7. The second-order valence-electron chi connectivity index (χ2n) is 4.99. The lowest BCUT2D eigenvalue weighted by Gasteiger charge is -2.06. The van der Waals surface area contributed by atoms with E-state index in [1.807, 2.05) is 6.07 Å². The van der Waals surface area contributed by atoms with Crippen LogP contribution in [0.5, 0.6) is 0 Å². The van der Waals surface area contributed by atoms with Gasteiger partial charge in [0.05, 0.1) is 10.2 Å². The Bertz CT molecular complexity index is 596. The van der Waals surface area contributed by atoms with Crippen molar-refractivity contribution in [3.63, 3.8) is 0 Å². The smallest absolute Gasteiger partial charge is 0.151 e. The van der Waals surface area contributed by atoms with Gasteiger partial charge in [-0.05, 0) is 40.5 Å². The van der Waals surface area contributed by atoms with Gasteiger partial charge in [-0.15, -0.1) is 0 Å². The molecule has 0 unspecified atom stereocenters. The van der Waals surface area contributed by atoms with Crippen molar-refractivity contribution in [3.8, 4) is 5.69 Å². The summed E-state index contributed by atoms with van der Waals surface area (Å²) in [6.07, 6.45) is 1.66. The van der Waals surface area contributed by atoms with Crippen molar-refractivity contribution >= 4 is 15.9 Å². The van der Waals surface area contributed by atoms with Crippen LogP contribution >= 0.6 is 15.9 Å². The Morgan fingerprint density at radius 1 is 1.30 bits per heavy atom. The molecule has 3 nitrogen and oxygen atoms in total. The maximum absolute atomic E-state index is 13.7. The molecule has 1 aromatic heterocycles. The molecule has 1 N–H and O–H groups in total. The van der Waals surface area contributed by atoms with Crippen LogP contribution in [0.4, 0.5) is 8.78 Å². The molecule has 108 valence electrons. The van der Waals surface area contributed by atoms with Crippen LogP contribution in [0.3, 0.4) is 0 Å². The summed E-state index contributed by atoms with van der Waals surface area (Å²) in [7, 11) is 0. The molecular weight excluding hydrogens is 328 g/mol. The Kier molecular flexibility index (Phi) is 4.88. The van der Waals surface area contributed by atoms with Crippen molar-refractivity contribution in [2.24, 2.45) is 5.92 Å². The summed E-state index contributed by atoms with van der Waals surface area (Å²) in [5.74, 6) is -0.713. The molecule has 0 aliphatic carbocycles. The molecule has 0 amide bonds. The first-order chi connectivity index (χ1) is 9.47. The van der Waals surface area contributed by atoms with E-state index >= 15 is 0 Å². The molecule has 0 fully saturated rings. The Balaban J connectivity index is 2.14. The minimum atomic E-state index is -0.643. The molecular formula is C14H16BrF2N3. The molecule has 2 rings (SSSR count). The van der Waals surface area contributed by atoms with Gasteiger partial charge >= 0.3 is 0 Å². The topological polar surface area (TPSA) is 29.9 Å². The maximum Gasteiger partial charge on any atom is 0.151 e. The third kappa shape index (κ3) is 3.64. The number of hydrogen-bond donors (Lipinski definition) is 1. The lowest BCUT2D eigenvalue weighted by Crippen LogP contribution is -2.19. The number of aromatic nitrogens is 2. The Morgan fingerprint density at radius 3 is 2.75 bits per heavy atom. The van der Waals surface area contributed by atoms with Gasteiger partial charge in [0.1, 0.15) is 11.5 Å². The van der Waals surface area contributed by atoms with E-state index < -0.39 is 11.6 Å². The van der Waals surface area contributed by atoms with E-state index in [-0.39, 0.29) is 10.2 Å². The van der Waals surface area contributed by atoms with Crippen molar-refractivity contribution in [3.05, 3.63) is 46.2 Å². The predicted octanol–water partition coefficient (Wildman–Crippen LogP) is 3.66. The van der Waals surface area contributed by atoms with Crippen molar-refractivity contribution in [1.82, 2.24) is 15.1 Å². The Labute approximate surface area is 125 Å². The molecule has 0 radical (unpaired) electrons. The van der Waals surface area contributed by atoms with Crippen LogP contribution in [0, 0.1) is 17.6 Å². The summed E-state index contributed by atoms with van der Waals surface area (Å²) < 4.78 is 28.6. The van der Waals surface area contributed by atoms with Crippen LogP contribution in [0.2, 0.25) is 0 Å². The second-order valence-corrected chi connectivity index (χ2v) is 5.85. The highest BCUT2D eigenvalue weighted by Crippen LogP contribution is 2.22. The molecule has 0 aliphatic rings. The summed E-state index contributed by atoms with van der Waals surface area (Å²) in [5, 5.41) is 7.54. The number of rotatable bonds is 5. The first-order valence-electron chi connectivity index (χ1n) is 6.37. The van der Waals surface area contributed by atoms with Crippen LogP contribution in [0.25, 0.3) is 5.69 Å². The van der Waals surface area contributed by atoms with Crippen molar-refractivity contribution in [1.29, 1.82) is 0 Å². The monoisotopic (exact) mass is 343 g/mol. The van der Waals surface area contributed by atoms with Crippen LogP contribution < -0.4 is 5.32 Å². The average Bonchev–Trinajstić information content (AvgIpc) is 2.82. The third-order valence-electron chi connectivity index (χ3n) is 2.74. The van der Waals surface area contributed by atoms with Crippen LogP contribution in [-0.2, 0) is 6.54 Å². The molecule has 0 bridgehead atoms. The van der Waals surface area contributed by atoms with E-state index in [0.29, 0.717) is 12.5 Å². The fourth-order valence-electron chi connectivity index (χ4n) is 1.77. The van der Waals surface area contributed by atoms with E-state index in [1.165, 1.54) is 10.7 Å². The van der Waals surface area contributed by atoms with Gasteiger partial charge in [0, 0.05) is 18.8 Å². The molecule has 0 atom stereocenters. The SMILES string of the molecule is CC(C)CNCc1ccn(-c2cc(Br)c(F)cc2F)n1. The van der Waals surface area contributed by atoms with E-state index in [1.54, 1.807) is 6.20 Å². The van der Waals surface area contributed by atoms with Crippen LogP contribution in [-0.4, -0.2) is 16.3 Å². The highest BCUT2D eigenvalue weighted by atomic mass is 79.9. The normalized spacial score (nSPS) is 11.3. The summed E-state index contributed by atoms with van der Waals surface area (Å²) in [6, 6.07) is 4.03. The molecule has 2 aromatic rings. The van der Waals surface area contributed by atoms with Gasteiger partial charge < -0.3 is 5.32 Å². The summed E-state index contributed by atoms with van der Waals surface area (Å²) in [5.41, 5.74) is 1.03. The predicted molar refractivity (Wildman–Crippen MR) is 77.7 cm³/mol. The maximum atomic E-state index is 13.7. The highest BCUT2D eigenvalue weighted by molar-refractivity contribution is 9.10. The minimum Gasteiger partial charge on any atom is -0.311 e. The zero-order valence-electron chi connectivity index (χ0n) is 11.3. The highest BCUT2D eigenvalue weighted by Gasteiger charge is 2.11. The summed E-state index contributed by atoms with van der Waals surface area (Å²) >= 11 is 3.05. The average molecular weight is 344 g/mol. The number of nitrogens with one attached hydrogen (secondary N) is 1. The van der Waals surface area contributed by atoms with Gasteiger partial charge in [0.15, 0.2) is 5.82 Å². The van der Waals surface area contributed by atoms with E-state index in [2.05, 4.69) is 40.2 Å². The quantitative estimate of drug-likeness (QED) is 0.839. The van der Waals surface area contributed by atoms with Gasteiger partial charge in [-0.3, -0.25) is 0 Å². The largest absolute Gasteiger partial charge is 0.311 e. The van der Waals surface area contributed by atoms with Gasteiger partial charge in [-0.25, -0.2) is 13.5 Å². The molecule has 0 saturated heterocycles. The second kappa shape index (κ2) is 6.45. The van der Waals surface area contributed by atoms with Crippen LogP contribution in [0.15, 0.2) is 28.9 Å². The van der Waals surface area contributed by atoms with Crippen molar-refractivity contribution < 1.29 is 8.78 Å². The standard InChI is InChI=1S/C14H16BrF2N3/c1-9(2)7-18-8-10-3-4-20(19-10)14-5-11(15)12(16)6-13(14)17/h3-6,9,18H,7-8H2,1-2H3. The summed E-state index contributed by atoms with van der Waals surface area (Å²) in [6.45, 7) is 5.76. The number of hydrogen-bond acceptors (Lipinski definition) is 2. The summed E-state index contributed by atoms with van der Waals surface area (Å²) in [4.78, 5) is 0. The Hall–Kier alpha value is -1.27. The van der Waals surface area contributed by atoms with E-state index in [4.69, 9.17) is 0 Å². The third-order valence-corrected chi connectivity index (χ3v) is 3.35. The van der Waals surface area contributed by atoms with E-state index in [0.717, 1.165) is 18.3 Å². The Morgan fingerprint density at radius 2 is 2.05 bits per heavy atom. The van der Waals surface area contributed by atoms with Gasteiger partial charge in [-0.2, -0.15) is 5.10 Å². The molecule has 1 aromatic carbocycles. The van der Waals surface area contributed by atoms with E-state index in [9.17, 15) is 8.78 Å². The molecule has 6 heteroatoms.